The molecule has 3 aromatic rings. The zero-order chi connectivity index (χ0) is 20.5. The van der Waals surface area contributed by atoms with Crippen LogP contribution in [0.3, 0.4) is 0 Å². The molecule has 0 bridgehead atoms. The van der Waals surface area contributed by atoms with E-state index in [4.69, 9.17) is 32.1 Å². The second-order valence-corrected chi connectivity index (χ2v) is 8.11. The van der Waals surface area contributed by atoms with Gasteiger partial charge in [-0.3, -0.25) is 4.79 Å². The van der Waals surface area contributed by atoms with E-state index in [1.54, 1.807) is 42.5 Å². The summed E-state index contributed by atoms with van der Waals surface area (Å²) in [5.74, 6) is 1.60. The average molecular weight is 446 g/mol. The third-order valence-corrected chi connectivity index (χ3v) is 5.81. The van der Waals surface area contributed by atoms with Crippen molar-refractivity contribution in [3.63, 3.8) is 0 Å². The topological polar surface area (TPSA) is 38.8 Å². The number of benzene rings is 3. The van der Waals surface area contributed by atoms with Gasteiger partial charge in [-0.2, -0.15) is 0 Å². The van der Waals surface area contributed by atoms with E-state index in [2.05, 4.69) is 0 Å². The first kappa shape index (κ1) is 20.0. The quantitative estimate of drug-likeness (QED) is 0.312. The highest BCUT2D eigenvalue weighted by atomic mass is 35.5. The molecule has 4 nitrogen and oxygen atoms in total. The van der Waals surface area contributed by atoms with Gasteiger partial charge >= 0.3 is 0 Å². The average Bonchev–Trinajstić information content (AvgIpc) is 2.71. The summed E-state index contributed by atoms with van der Waals surface area (Å²) in [5.41, 5.74) is 3.20. The van der Waals surface area contributed by atoms with Crippen molar-refractivity contribution in [1.29, 1.82) is 0 Å². The van der Waals surface area contributed by atoms with Gasteiger partial charge in [-0.1, -0.05) is 36.2 Å². The van der Waals surface area contributed by atoms with E-state index in [9.17, 15) is 4.79 Å². The molecule has 0 atom stereocenters. The third-order valence-electron chi connectivity index (χ3n) is 4.49. The van der Waals surface area contributed by atoms with Crippen molar-refractivity contribution in [3.05, 3.63) is 81.3 Å². The summed E-state index contributed by atoms with van der Waals surface area (Å²) in [6.07, 6.45) is 0.792. The second kappa shape index (κ2) is 8.19. The van der Waals surface area contributed by atoms with E-state index in [1.807, 2.05) is 26.0 Å². The molecule has 0 saturated carbocycles. The molecule has 0 spiro atoms. The van der Waals surface area contributed by atoms with Gasteiger partial charge in [-0.15, -0.1) is 0 Å². The molecule has 0 radical (unpaired) electrons. The van der Waals surface area contributed by atoms with Crippen molar-refractivity contribution in [2.24, 2.45) is 0 Å². The summed E-state index contributed by atoms with van der Waals surface area (Å²) in [6.45, 7) is 4.01. The molecule has 0 aliphatic carbocycles. The first-order chi connectivity index (χ1) is 14.0. The molecule has 0 aromatic heterocycles. The van der Waals surface area contributed by atoms with Gasteiger partial charge in [0, 0.05) is 5.02 Å². The van der Waals surface area contributed by atoms with E-state index in [0.29, 0.717) is 38.5 Å². The number of carbonyl (C=O) groups excluding carboxylic acids is 1. The smallest absolute Gasteiger partial charge is 0.274 e. The van der Waals surface area contributed by atoms with Crippen LogP contribution in [0.4, 0.5) is 5.69 Å². The third kappa shape index (κ3) is 4.04. The number of nitrogens with zero attached hydrogens (tertiary/aromatic N) is 1. The Morgan fingerprint density at radius 1 is 1.07 bits per heavy atom. The fraction of sp³-hybridized carbons (Fsp3) is 0.136. The van der Waals surface area contributed by atoms with Crippen LogP contribution in [0, 0.1) is 6.92 Å². The number of amides is 1. The molecule has 1 aliphatic heterocycles. The number of hydrogen-bond donors (Lipinski definition) is 0. The van der Waals surface area contributed by atoms with E-state index in [0.717, 1.165) is 29.8 Å². The normalized spacial score (nSPS) is 13.1. The molecule has 4 rings (SSSR count). The van der Waals surface area contributed by atoms with Gasteiger partial charge < -0.3 is 8.92 Å². The molecule has 0 unspecified atom stereocenters. The minimum atomic E-state index is -0.142. The van der Waals surface area contributed by atoms with Crippen LogP contribution in [-0.2, 0) is 6.42 Å². The molecule has 0 saturated heterocycles. The van der Waals surface area contributed by atoms with Crippen molar-refractivity contribution in [3.8, 4) is 17.2 Å². The highest BCUT2D eigenvalue weighted by Crippen LogP contribution is 2.41. The van der Waals surface area contributed by atoms with Crippen LogP contribution in [0.15, 0.2) is 54.6 Å². The minimum Gasteiger partial charge on any atom is -0.456 e. The lowest BCUT2D eigenvalue weighted by Crippen LogP contribution is -2.29. The highest BCUT2D eigenvalue weighted by Gasteiger charge is 2.31. The lowest BCUT2D eigenvalue weighted by Gasteiger charge is -2.28. The highest BCUT2D eigenvalue weighted by molar-refractivity contribution is 7.97. The Hall–Kier alpha value is -2.34. The van der Waals surface area contributed by atoms with Crippen LogP contribution in [-0.4, -0.2) is 5.91 Å². The Bertz CT molecular complexity index is 1090. The SMILES string of the molecule is CCc1cc(C)cc2c1OSN(c1ccc(Oc3ccc(Cl)cc3)c(Cl)c1)C2=O. The van der Waals surface area contributed by atoms with Gasteiger partial charge in [0.1, 0.15) is 11.5 Å². The molecule has 29 heavy (non-hydrogen) atoms. The fourth-order valence-electron chi connectivity index (χ4n) is 3.07. The molecular weight excluding hydrogens is 429 g/mol. The molecule has 1 heterocycles. The van der Waals surface area contributed by atoms with Gasteiger partial charge in [-0.25, -0.2) is 4.31 Å². The van der Waals surface area contributed by atoms with Crippen molar-refractivity contribution >= 4 is 47.0 Å². The van der Waals surface area contributed by atoms with E-state index in [-0.39, 0.29) is 5.91 Å². The predicted molar refractivity (Wildman–Crippen MR) is 119 cm³/mol. The fourth-order valence-corrected chi connectivity index (χ4v) is 4.13. The lowest BCUT2D eigenvalue weighted by molar-refractivity contribution is 0.100. The number of rotatable bonds is 4. The van der Waals surface area contributed by atoms with Gasteiger partial charge in [0.05, 0.1) is 16.3 Å². The summed E-state index contributed by atoms with van der Waals surface area (Å²) in [5, 5.41) is 1.01. The number of carbonyl (C=O) groups is 1. The molecule has 3 aromatic carbocycles. The van der Waals surface area contributed by atoms with Crippen molar-refractivity contribution in [1.82, 2.24) is 0 Å². The van der Waals surface area contributed by atoms with Crippen LogP contribution in [0.1, 0.15) is 28.4 Å². The largest absolute Gasteiger partial charge is 0.456 e. The number of anilines is 1. The molecule has 0 N–H and O–H groups in total. The zero-order valence-electron chi connectivity index (χ0n) is 15.7. The molecule has 1 aliphatic rings. The van der Waals surface area contributed by atoms with E-state index >= 15 is 0 Å². The van der Waals surface area contributed by atoms with E-state index in [1.165, 1.54) is 4.31 Å². The molecule has 148 valence electrons. The minimum absolute atomic E-state index is 0.142. The first-order valence-corrected chi connectivity index (χ1v) is 10.5. The van der Waals surface area contributed by atoms with Gasteiger partial charge in [0.2, 0.25) is 0 Å². The number of halogens is 2. The van der Waals surface area contributed by atoms with Gasteiger partial charge in [0.25, 0.3) is 5.91 Å². The Labute approximate surface area is 183 Å². The standard InChI is InChI=1S/C22H17Cl2NO3S/c1-3-14-10-13(2)11-18-21(14)28-29-25(22(18)26)16-6-9-20(19(24)12-16)27-17-7-4-15(23)5-8-17/h4-12H,3H2,1-2H3. The second-order valence-electron chi connectivity index (χ2n) is 6.58. The Kier molecular flexibility index (Phi) is 5.63. The number of ether oxygens (including phenoxy) is 1. The Balaban J connectivity index is 1.61. The monoisotopic (exact) mass is 445 g/mol. The Morgan fingerprint density at radius 2 is 1.83 bits per heavy atom. The number of aryl methyl sites for hydroxylation is 2. The van der Waals surface area contributed by atoms with E-state index < -0.39 is 0 Å². The summed E-state index contributed by atoms with van der Waals surface area (Å²) < 4.78 is 13.1. The van der Waals surface area contributed by atoms with Gasteiger partial charge in [-0.05, 0) is 73.0 Å². The molecule has 1 amide bonds. The predicted octanol–water partition coefficient (Wildman–Crippen LogP) is 7.26. The molecular formula is C22H17Cl2NO3S. The molecule has 7 heteroatoms. The van der Waals surface area contributed by atoms with Crippen molar-refractivity contribution < 1.29 is 13.7 Å². The van der Waals surface area contributed by atoms with Crippen molar-refractivity contribution in [2.75, 3.05) is 4.31 Å². The lowest BCUT2D eigenvalue weighted by atomic mass is 10.0. The van der Waals surface area contributed by atoms with Gasteiger partial charge in [0.15, 0.2) is 18.0 Å². The maximum absolute atomic E-state index is 13.1. The zero-order valence-corrected chi connectivity index (χ0v) is 18.1. The van der Waals surface area contributed by atoms with Crippen LogP contribution in [0.2, 0.25) is 10.0 Å². The first-order valence-electron chi connectivity index (χ1n) is 9.02. The van der Waals surface area contributed by atoms with Crippen LogP contribution < -0.4 is 13.2 Å². The summed E-state index contributed by atoms with van der Waals surface area (Å²) in [6, 6.07) is 16.1. The maximum atomic E-state index is 13.1. The maximum Gasteiger partial charge on any atom is 0.274 e. The number of hydrogen-bond acceptors (Lipinski definition) is 4. The van der Waals surface area contributed by atoms with Crippen LogP contribution in [0.25, 0.3) is 0 Å². The molecule has 0 fully saturated rings. The summed E-state index contributed by atoms with van der Waals surface area (Å²) >= 11 is 13.3. The van der Waals surface area contributed by atoms with Crippen LogP contribution >= 0.6 is 35.4 Å². The summed E-state index contributed by atoms with van der Waals surface area (Å²) in [4.78, 5) is 13.1. The Morgan fingerprint density at radius 3 is 2.52 bits per heavy atom. The number of fused-ring (bicyclic) bond motifs is 1. The van der Waals surface area contributed by atoms with Crippen LogP contribution in [0.5, 0.6) is 17.2 Å². The van der Waals surface area contributed by atoms with Crippen molar-refractivity contribution in [2.45, 2.75) is 20.3 Å². The summed E-state index contributed by atoms with van der Waals surface area (Å²) in [7, 11) is 0.